The first-order chi connectivity index (χ1) is 9.61. The van der Waals surface area contributed by atoms with Crippen molar-refractivity contribution < 1.29 is 9.72 Å². The van der Waals surface area contributed by atoms with Gasteiger partial charge in [0.2, 0.25) is 5.91 Å². The van der Waals surface area contributed by atoms with Gasteiger partial charge in [-0.15, -0.1) is 0 Å². The third-order valence-electron chi connectivity index (χ3n) is 3.56. The average Bonchev–Trinajstić information content (AvgIpc) is 2.48. The fraction of sp³-hybridized carbons (Fsp3) is 0.500. The molecule has 1 saturated heterocycles. The van der Waals surface area contributed by atoms with Gasteiger partial charge in [0.1, 0.15) is 0 Å². The van der Waals surface area contributed by atoms with Crippen molar-refractivity contribution in [1.29, 1.82) is 0 Å². The van der Waals surface area contributed by atoms with E-state index in [9.17, 15) is 14.9 Å². The minimum absolute atomic E-state index is 0.0573. The molecule has 1 aromatic rings. The highest BCUT2D eigenvalue weighted by molar-refractivity contribution is 5.95. The number of nitro benzene ring substituents is 1. The number of piperidine rings is 1. The van der Waals surface area contributed by atoms with Gasteiger partial charge in [0.05, 0.1) is 11.0 Å². The summed E-state index contributed by atoms with van der Waals surface area (Å²) in [5.41, 5.74) is 1.21. The number of nitrogens with one attached hydrogen (secondary N) is 2. The van der Waals surface area contributed by atoms with Gasteiger partial charge in [0.25, 0.3) is 5.69 Å². The standard InChI is InChI=1S/C14H19N3O3/c1-2-10-6-7-11(9-13(10)17(19)20)16-14(18)12-5-3-4-8-15-12/h6-7,9,12,15H,2-5,8H2,1H3,(H,16,18). The van der Waals surface area contributed by atoms with E-state index in [1.165, 1.54) is 6.07 Å². The molecule has 0 spiro atoms. The Hall–Kier alpha value is -1.95. The Morgan fingerprint density at radius 1 is 1.50 bits per heavy atom. The number of aryl methyl sites for hydroxylation is 1. The third-order valence-corrected chi connectivity index (χ3v) is 3.56. The zero-order valence-corrected chi connectivity index (χ0v) is 11.5. The highest BCUT2D eigenvalue weighted by Crippen LogP contribution is 2.24. The summed E-state index contributed by atoms with van der Waals surface area (Å²) in [6, 6.07) is 4.64. The van der Waals surface area contributed by atoms with Crippen LogP contribution in [0.25, 0.3) is 0 Å². The number of benzene rings is 1. The molecular weight excluding hydrogens is 258 g/mol. The summed E-state index contributed by atoms with van der Waals surface area (Å²) < 4.78 is 0. The molecule has 1 fully saturated rings. The van der Waals surface area contributed by atoms with E-state index >= 15 is 0 Å². The van der Waals surface area contributed by atoms with E-state index in [2.05, 4.69) is 10.6 Å². The number of carbonyl (C=O) groups excluding carboxylic acids is 1. The topological polar surface area (TPSA) is 84.3 Å². The fourth-order valence-corrected chi connectivity index (χ4v) is 2.42. The molecule has 1 aliphatic rings. The van der Waals surface area contributed by atoms with Gasteiger partial charge in [-0.25, -0.2) is 0 Å². The van der Waals surface area contributed by atoms with Crippen molar-refractivity contribution in [3.8, 4) is 0 Å². The molecule has 2 rings (SSSR count). The number of hydrogen-bond acceptors (Lipinski definition) is 4. The third kappa shape index (κ3) is 3.33. The predicted molar refractivity (Wildman–Crippen MR) is 76.7 cm³/mol. The molecule has 1 aromatic carbocycles. The number of rotatable bonds is 4. The van der Waals surface area contributed by atoms with E-state index in [1.807, 2.05) is 6.92 Å². The molecule has 0 aliphatic carbocycles. The Bertz CT molecular complexity index is 510. The zero-order valence-electron chi connectivity index (χ0n) is 11.5. The smallest absolute Gasteiger partial charge is 0.274 e. The fourth-order valence-electron chi connectivity index (χ4n) is 2.42. The number of nitro groups is 1. The molecule has 0 aromatic heterocycles. The van der Waals surface area contributed by atoms with Gasteiger partial charge in [-0.05, 0) is 31.9 Å². The number of amides is 1. The Balaban J connectivity index is 2.10. The van der Waals surface area contributed by atoms with E-state index in [0.717, 1.165) is 25.8 Å². The van der Waals surface area contributed by atoms with Crippen molar-refractivity contribution in [2.24, 2.45) is 0 Å². The van der Waals surface area contributed by atoms with Crippen LogP contribution in [0.1, 0.15) is 31.7 Å². The highest BCUT2D eigenvalue weighted by Gasteiger charge is 2.21. The molecule has 20 heavy (non-hydrogen) atoms. The zero-order chi connectivity index (χ0) is 14.5. The first kappa shape index (κ1) is 14.5. The molecule has 1 atom stereocenters. The molecular formula is C14H19N3O3. The maximum Gasteiger partial charge on any atom is 0.274 e. The van der Waals surface area contributed by atoms with E-state index in [-0.39, 0.29) is 17.6 Å². The molecule has 1 unspecified atom stereocenters. The summed E-state index contributed by atoms with van der Waals surface area (Å²) in [5.74, 6) is -0.122. The van der Waals surface area contributed by atoms with Gasteiger partial charge in [0, 0.05) is 17.3 Å². The van der Waals surface area contributed by atoms with Gasteiger partial charge in [-0.2, -0.15) is 0 Å². The lowest BCUT2D eigenvalue weighted by atomic mass is 10.0. The molecule has 6 heteroatoms. The first-order valence-corrected chi connectivity index (χ1v) is 6.93. The quantitative estimate of drug-likeness (QED) is 0.653. The van der Waals surface area contributed by atoms with Crippen LogP contribution in [0.5, 0.6) is 0 Å². The molecule has 108 valence electrons. The average molecular weight is 277 g/mol. The van der Waals surface area contributed by atoms with E-state index in [1.54, 1.807) is 12.1 Å². The van der Waals surface area contributed by atoms with Gasteiger partial charge in [-0.1, -0.05) is 19.4 Å². The molecule has 1 amide bonds. The Morgan fingerprint density at radius 2 is 2.30 bits per heavy atom. The number of nitrogens with zero attached hydrogens (tertiary/aromatic N) is 1. The van der Waals surface area contributed by atoms with Crippen molar-refractivity contribution in [3.05, 3.63) is 33.9 Å². The van der Waals surface area contributed by atoms with Crippen LogP contribution < -0.4 is 10.6 Å². The van der Waals surface area contributed by atoms with Crippen molar-refractivity contribution >= 4 is 17.3 Å². The van der Waals surface area contributed by atoms with E-state index in [4.69, 9.17) is 0 Å². The van der Waals surface area contributed by atoms with Gasteiger partial charge < -0.3 is 10.6 Å². The Kier molecular flexibility index (Phi) is 4.68. The van der Waals surface area contributed by atoms with Crippen molar-refractivity contribution in [1.82, 2.24) is 5.32 Å². The second-order valence-electron chi connectivity index (χ2n) is 4.95. The number of hydrogen-bond donors (Lipinski definition) is 2. The monoisotopic (exact) mass is 277 g/mol. The molecule has 0 bridgehead atoms. The summed E-state index contributed by atoms with van der Waals surface area (Å²) in [5, 5.41) is 16.9. The summed E-state index contributed by atoms with van der Waals surface area (Å²) in [6.45, 7) is 2.71. The molecule has 2 N–H and O–H groups in total. The summed E-state index contributed by atoms with van der Waals surface area (Å²) in [7, 11) is 0. The normalized spacial score (nSPS) is 18.6. The van der Waals surface area contributed by atoms with Crippen LogP contribution in [0.4, 0.5) is 11.4 Å². The van der Waals surface area contributed by atoms with E-state index < -0.39 is 4.92 Å². The SMILES string of the molecule is CCc1ccc(NC(=O)C2CCCCN2)cc1[N+](=O)[O-]. The largest absolute Gasteiger partial charge is 0.324 e. The summed E-state index contributed by atoms with van der Waals surface area (Å²) in [6.07, 6.45) is 3.51. The summed E-state index contributed by atoms with van der Waals surface area (Å²) in [4.78, 5) is 22.7. The molecule has 1 aliphatic heterocycles. The van der Waals surface area contributed by atoms with Crippen LogP contribution in [-0.4, -0.2) is 23.4 Å². The predicted octanol–water partition coefficient (Wildman–Crippen LogP) is 2.24. The highest BCUT2D eigenvalue weighted by atomic mass is 16.6. The van der Waals surface area contributed by atoms with Crippen LogP contribution >= 0.6 is 0 Å². The Morgan fingerprint density at radius 3 is 2.90 bits per heavy atom. The van der Waals surface area contributed by atoms with Crippen LogP contribution in [0.15, 0.2) is 18.2 Å². The first-order valence-electron chi connectivity index (χ1n) is 6.93. The number of anilines is 1. The van der Waals surface area contributed by atoms with Crippen LogP contribution in [0.2, 0.25) is 0 Å². The van der Waals surface area contributed by atoms with Crippen molar-refractivity contribution in [3.63, 3.8) is 0 Å². The second kappa shape index (κ2) is 6.47. The molecule has 0 saturated carbocycles. The molecule has 0 radical (unpaired) electrons. The van der Waals surface area contributed by atoms with Crippen molar-refractivity contribution in [2.45, 2.75) is 38.6 Å². The van der Waals surface area contributed by atoms with E-state index in [0.29, 0.717) is 17.7 Å². The van der Waals surface area contributed by atoms with Gasteiger partial charge in [0.15, 0.2) is 0 Å². The molecule has 6 nitrogen and oxygen atoms in total. The van der Waals surface area contributed by atoms with Gasteiger partial charge >= 0.3 is 0 Å². The maximum absolute atomic E-state index is 12.1. The lowest BCUT2D eigenvalue weighted by molar-refractivity contribution is -0.385. The van der Waals surface area contributed by atoms with Crippen LogP contribution in [0.3, 0.4) is 0 Å². The minimum atomic E-state index is -0.409. The maximum atomic E-state index is 12.1. The lowest BCUT2D eigenvalue weighted by Crippen LogP contribution is -2.43. The number of carbonyl (C=O) groups is 1. The van der Waals surface area contributed by atoms with Gasteiger partial charge in [-0.3, -0.25) is 14.9 Å². The second-order valence-corrected chi connectivity index (χ2v) is 4.95. The van der Waals surface area contributed by atoms with Crippen LogP contribution in [0, 0.1) is 10.1 Å². The van der Waals surface area contributed by atoms with Crippen molar-refractivity contribution in [2.75, 3.05) is 11.9 Å². The van der Waals surface area contributed by atoms with Crippen LogP contribution in [-0.2, 0) is 11.2 Å². The molecule has 1 heterocycles. The minimum Gasteiger partial charge on any atom is -0.324 e. The Labute approximate surface area is 117 Å². The summed E-state index contributed by atoms with van der Waals surface area (Å²) >= 11 is 0. The lowest BCUT2D eigenvalue weighted by Gasteiger charge is -2.22.